The van der Waals surface area contributed by atoms with Gasteiger partial charge in [-0.25, -0.2) is 0 Å². The molecule has 18 heavy (non-hydrogen) atoms. The van der Waals surface area contributed by atoms with Gasteiger partial charge in [-0.2, -0.15) is 0 Å². The third-order valence-corrected chi connectivity index (χ3v) is 2.81. The molecule has 102 valence electrons. The van der Waals surface area contributed by atoms with Crippen LogP contribution in [0.25, 0.3) is 0 Å². The first-order valence-electron chi connectivity index (χ1n) is 6.33. The Morgan fingerprint density at radius 2 is 2.17 bits per heavy atom. The average Bonchev–Trinajstić information content (AvgIpc) is 2.40. The lowest BCUT2D eigenvalue weighted by molar-refractivity contribution is 0.270. The van der Waals surface area contributed by atoms with Gasteiger partial charge in [0.1, 0.15) is 0 Å². The van der Waals surface area contributed by atoms with Gasteiger partial charge in [0.05, 0.1) is 20.4 Å². The van der Waals surface area contributed by atoms with E-state index in [1.807, 2.05) is 18.2 Å². The first-order valence-corrected chi connectivity index (χ1v) is 6.33. The Morgan fingerprint density at radius 1 is 1.39 bits per heavy atom. The Morgan fingerprint density at radius 3 is 2.78 bits per heavy atom. The molecule has 0 radical (unpaired) electrons. The topological polar surface area (TPSA) is 44.5 Å². The van der Waals surface area contributed by atoms with Crippen LogP contribution in [0, 0.1) is 0 Å². The Kier molecular flexibility index (Phi) is 6.50. The van der Waals surface area contributed by atoms with Gasteiger partial charge in [-0.05, 0) is 24.5 Å². The third kappa shape index (κ3) is 4.18. The molecular weight excluding hydrogens is 233 g/mol. The number of benzene rings is 1. The molecule has 1 aromatic rings. The zero-order valence-corrected chi connectivity index (χ0v) is 11.1. The van der Waals surface area contributed by atoms with Crippen LogP contribution in [0.15, 0.2) is 18.2 Å². The van der Waals surface area contributed by atoms with Crippen LogP contribution in [0.1, 0.15) is 25.3 Å². The zero-order valence-electron chi connectivity index (χ0n) is 11.1. The Bertz CT molecular complexity index is 358. The van der Waals surface area contributed by atoms with Crippen LogP contribution in [-0.2, 0) is 6.42 Å². The maximum atomic E-state index is 12.1. The zero-order chi connectivity index (χ0) is 13.4. The van der Waals surface area contributed by atoms with Crippen LogP contribution < -0.4 is 15.2 Å². The molecule has 0 aliphatic carbocycles. The van der Waals surface area contributed by atoms with E-state index in [4.69, 9.17) is 15.2 Å². The fourth-order valence-electron chi connectivity index (χ4n) is 1.70. The minimum absolute atomic E-state index is 0.0978. The van der Waals surface area contributed by atoms with Crippen LogP contribution >= 0.6 is 0 Å². The Balaban J connectivity index is 2.85. The summed E-state index contributed by atoms with van der Waals surface area (Å²) < 4.78 is 23.0. The molecule has 1 aromatic carbocycles. The second-order valence-electron chi connectivity index (χ2n) is 4.21. The van der Waals surface area contributed by atoms with Crippen molar-refractivity contribution in [2.45, 2.75) is 32.2 Å². The molecule has 4 heteroatoms. The number of methoxy groups -OCH3 is 1. The molecule has 2 N–H and O–H groups in total. The molecule has 0 spiro atoms. The monoisotopic (exact) mass is 255 g/mol. The van der Waals surface area contributed by atoms with E-state index in [0.29, 0.717) is 24.5 Å². The van der Waals surface area contributed by atoms with Crippen LogP contribution in [0.3, 0.4) is 0 Å². The maximum Gasteiger partial charge on any atom is 0.164 e. The van der Waals surface area contributed by atoms with Crippen molar-refractivity contribution in [1.29, 1.82) is 0 Å². The highest BCUT2D eigenvalue weighted by Crippen LogP contribution is 2.32. The van der Waals surface area contributed by atoms with E-state index < -0.39 is 0 Å². The minimum atomic E-state index is -0.376. The standard InChI is InChI=1S/C14H22FNO2/c1-3-12(16)10-11-6-4-7-13(17-2)14(11)18-9-5-8-15/h4,6-7,12H,3,5,8-10,16H2,1-2H3. The molecule has 0 amide bonds. The van der Waals surface area contributed by atoms with E-state index in [2.05, 4.69) is 6.92 Å². The lowest BCUT2D eigenvalue weighted by Crippen LogP contribution is -2.22. The molecule has 0 fully saturated rings. The molecule has 0 saturated heterocycles. The SMILES string of the molecule is CCC(N)Cc1cccc(OC)c1OCCCF. The van der Waals surface area contributed by atoms with Gasteiger partial charge in [-0.3, -0.25) is 4.39 Å². The number of ether oxygens (including phenoxy) is 2. The number of nitrogens with two attached hydrogens (primary N) is 1. The molecule has 1 unspecified atom stereocenters. The highest BCUT2D eigenvalue weighted by Gasteiger charge is 2.12. The van der Waals surface area contributed by atoms with Gasteiger partial charge in [0.2, 0.25) is 0 Å². The largest absolute Gasteiger partial charge is 0.493 e. The van der Waals surface area contributed by atoms with E-state index in [0.717, 1.165) is 18.4 Å². The number of para-hydroxylation sites is 1. The summed E-state index contributed by atoms with van der Waals surface area (Å²) in [6.45, 7) is 2.03. The summed E-state index contributed by atoms with van der Waals surface area (Å²) in [5, 5.41) is 0. The summed E-state index contributed by atoms with van der Waals surface area (Å²) in [5.74, 6) is 1.37. The van der Waals surface area contributed by atoms with Gasteiger partial charge in [0, 0.05) is 12.5 Å². The number of hydrogen-bond acceptors (Lipinski definition) is 3. The predicted molar refractivity (Wildman–Crippen MR) is 71.1 cm³/mol. The first-order chi connectivity index (χ1) is 8.72. The second kappa shape index (κ2) is 7.93. The molecule has 1 rings (SSSR count). The molecule has 0 aromatic heterocycles. The highest BCUT2D eigenvalue weighted by atomic mass is 19.1. The average molecular weight is 255 g/mol. The molecule has 0 heterocycles. The number of halogens is 1. The van der Waals surface area contributed by atoms with E-state index in [9.17, 15) is 4.39 Å². The van der Waals surface area contributed by atoms with Crippen LogP contribution in [0.5, 0.6) is 11.5 Å². The quantitative estimate of drug-likeness (QED) is 0.726. The minimum Gasteiger partial charge on any atom is -0.493 e. The fraction of sp³-hybridized carbons (Fsp3) is 0.571. The first kappa shape index (κ1) is 14.8. The number of rotatable bonds is 8. The van der Waals surface area contributed by atoms with Crippen LogP contribution in [0.4, 0.5) is 4.39 Å². The van der Waals surface area contributed by atoms with Crippen LogP contribution in [0.2, 0.25) is 0 Å². The third-order valence-electron chi connectivity index (χ3n) is 2.81. The lowest BCUT2D eigenvalue weighted by Gasteiger charge is -2.16. The molecule has 0 aliphatic rings. The van der Waals surface area contributed by atoms with Crippen molar-refractivity contribution in [2.24, 2.45) is 5.73 Å². The van der Waals surface area contributed by atoms with E-state index >= 15 is 0 Å². The molecule has 1 atom stereocenters. The Labute approximate surface area is 108 Å². The molecule has 0 saturated carbocycles. The van der Waals surface area contributed by atoms with Crippen molar-refractivity contribution < 1.29 is 13.9 Å². The van der Waals surface area contributed by atoms with Gasteiger partial charge in [-0.1, -0.05) is 19.1 Å². The van der Waals surface area contributed by atoms with Gasteiger partial charge in [-0.15, -0.1) is 0 Å². The van der Waals surface area contributed by atoms with Gasteiger partial charge >= 0.3 is 0 Å². The Hall–Kier alpha value is -1.29. The number of alkyl halides is 1. The van der Waals surface area contributed by atoms with Gasteiger partial charge < -0.3 is 15.2 Å². The molecular formula is C14H22FNO2. The smallest absolute Gasteiger partial charge is 0.164 e. The lowest BCUT2D eigenvalue weighted by atomic mass is 10.0. The number of hydrogen-bond donors (Lipinski definition) is 1. The van der Waals surface area contributed by atoms with E-state index in [-0.39, 0.29) is 12.7 Å². The van der Waals surface area contributed by atoms with Crippen molar-refractivity contribution in [2.75, 3.05) is 20.4 Å². The summed E-state index contributed by atoms with van der Waals surface area (Å²) in [7, 11) is 1.60. The van der Waals surface area contributed by atoms with Crippen LogP contribution in [-0.4, -0.2) is 26.4 Å². The van der Waals surface area contributed by atoms with Crippen molar-refractivity contribution in [1.82, 2.24) is 0 Å². The van der Waals surface area contributed by atoms with Crippen molar-refractivity contribution >= 4 is 0 Å². The fourth-order valence-corrected chi connectivity index (χ4v) is 1.70. The van der Waals surface area contributed by atoms with Crippen molar-refractivity contribution in [3.8, 4) is 11.5 Å². The summed E-state index contributed by atoms with van der Waals surface area (Å²) in [6.07, 6.45) is 2.02. The van der Waals surface area contributed by atoms with Crippen molar-refractivity contribution in [3.05, 3.63) is 23.8 Å². The summed E-state index contributed by atoms with van der Waals surface area (Å²) in [5.41, 5.74) is 6.98. The molecule has 0 aliphatic heterocycles. The summed E-state index contributed by atoms with van der Waals surface area (Å²) >= 11 is 0. The molecule has 0 bridgehead atoms. The highest BCUT2D eigenvalue weighted by molar-refractivity contribution is 5.47. The maximum absolute atomic E-state index is 12.1. The van der Waals surface area contributed by atoms with E-state index in [1.54, 1.807) is 7.11 Å². The van der Waals surface area contributed by atoms with Gasteiger partial charge in [0.25, 0.3) is 0 Å². The summed E-state index contributed by atoms with van der Waals surface area (Å²) in [4.78, 5) is 0. The van der Waals surface area contributed by atoms with Crippen molar-refractivity contribution in [3.63, 3.8) is 0 Å². The summed E-state index contributed by atoms with van der Waals surface area (Å²) in [6, 6.07) is 5.83. The predicted octanol–water partition coefficient (Wildman–Crippen LogP) is 2.71. The molecule has 3 nitrogen and oxygen atoms in total. The second-order valence-corrected chi connectivity index (χ2v) is 4.21. The van der Waals surface area contributed by atoms with Gasteiger partial charge in [0.15, 0.2) is 11.5 Å². The van der Waals surface area contributed by atoms with E-state index in [1.165, 1.54) is 0 Å². The normalized spacial score (nSPS) is 12.2.